The number of nitrogens with one attached hydrogen (secondary N) is 2. The van der Waals surface area contributed by atoms with Gasteiger partial charge in [0.25, 0.3) is 5.91 Å². The first-order chi connectivity index (χ1) is 14.4. The fourth-order valence-corrected chi connectivity index (χ4v) is 4.97. The van der Waals surface area contributed by atoms with Crippen LogP contribution >= 0.6 is 11.3 Å². The van der Waals surface area contributed by atoms with Gasteiger partial charge in [-0.2, -0.15) is 0 Å². The Morgan fingerprint density at radius 1 is 1.17 bits per heavy atom. The Kier molecular flexibility index (Phi) is 5.59. The van der Waals surface area contributed by atoms with E-state index in [-0.39, 0.29) is 22.3 Å². The minimum absolute atomic E-state index is 0.00894. The second-order valence-corrected chi connectivity index (χ2v) is 9.69. The van der Waals surface area contributed by atoms with Gasteiger partial charge in [-0.05, 0) is 38.0 Å². The number of carbonyl (C=O) groups is 1. The Bertz CT molecular complexity index is 1180. The van der Waals surface area contributed by atoms with E-state index in [0.717, 1.165) is 29.0 Å². The molecule has 1 aliphatic carbocycles. The van der Waals surface area contributed by atoms with Gasteiger partial charge in [-0.15, -0.1) is 11.3 Å². The highest BCUT2D eigenvalue weighted by molar-refractivity contribution is 7.89. The second-order valence-electron chi connectivity index (χ2n) is 7.12. The highest BCUT2D eigenvalue weighted by Gasteiger charge is 2.28. The van der Waals surface area contributed by atoms with Crippen molar-refractivity contribution in [2.75, 3.05) is 12.4 Å². The Morgan fingerprint density at radius 2 is 1.90 bits per heavy atom. The molecule has 1 fully saturated rings. The summed E-state index contributed by atoms with van der Waals surface area (Å²) in [6.07, 6.45) is 1.68. The molecule has 4 rings (SSSR count). The molecule has 0 aliphatic heterocycles. The summed E-state index contributed by atoms with van der Waals surface area (Å²) < 4.78 is 32.9. The van der Waals surface area contributed by atoms with Crippen LogP contribution in [0.3, 0.4) is 0 Å². The molecule has 1 amide bonds. The zero-order valence-corrected chi connectivity index (χ0v) is 18.1. The van der Waals surface area contributed by atoms with Crippen LogP contribution in [0.5, 0.6) is 5.75 Å². The van der Waals surface area contributed by atoms with Crippen LogP contribution in [-0.2, 0) is 10.0 Å². The summed E-state index contributed by atoms with van der Waals surface area (Å²) in [7, 11) is -2.19. The fraction of sp³-hybridized carbons (Fsp3) is 0.238. The molecule has 1 aromatic heterocycles. The van der Waals surface area contributed by atoms with Gasteiger partial charge in [0, 0.05) is 17.0 Å². The lowest BCUT2D eigenvalue weighted by molar-refractivity contribution is 0.102. The molecule has 0 radical (unpaired) electrons. The maximum Gasteiger partial charge on any atom is 0.275 e. The highest BCUT2D eigenvalue weighted by Crippen LogP contribution is 2.30. The molecule has 0 spiro atoms. The maximum absolute atomic E-state index is 12.7. The predicted octanol–water partition coefficient (Wildman–Crippen LogP) is 3.82. The van der Waals surface area contributed by atoms with E-state index < -0.39 is 15.9 Å². The number of hydrogen-bond acceptors (Lipinski definition) is 6. The van der Waals surface area contributed by atoms with Crippen molar-refractivity contribution in [3.05, 3.63) is 59.1 Å². The number of benzene rings is 2. The molecular formula is C21H21N3O4S2. The van der Waals surface area contributed by atoms with Crippen molar-refractivity contribution in [1.82, 2.24) is 9.71 Å². The zero-order chi connectivity index (χ0) is 21.3. The highest BCUT2D eigenvalue weighted by atomic mass is 32.2. The summed E-state index contributed by atoms with van der Waals surface area (Å²) >= 11 is 1.37. The lowest BCUT2D eigenvalue weighted by Crippen LogP contribution is -2.26. The summed E-state index contributed by atoms with van der Waals surface area (Å²) in [5, 5.41) is 5.13. The van der Waals surface area contributed by atoms with Crippen LogP contribution in [0.25, 0.3) is 10.6 Å². The number of amides is 1. The number of thiazole rings is 1. The molecule has 156 valence electrons. The number of hydrogen-bond donors (Lipinski definition) is 2. The van der Waals surface area contributed by atoms with Crippen LogP contribution in [0.15, 0.2) is 52.7 Å². The zero-order valence-electron chi connectivity index (χ0n) is 16.5. The van der Waals surface area contributed by atoms with Gasteiger partial charge in [0.2, 0.25) is 10.0 Å². The minimum Gasteiger partial charge on any atom is -0.495 e. The first-order valence-corrected chi connectivity index (χ1v) is 11.8. The van der Waals surface area contributed by atoms with Crippen LogP contribution in [-0.4, -0.2) is 32.5 Å². The molecule has 7 nitrogen and oxygen atoms in total. The monoisotopic (exact) mass is 443 g/mol. The average Bonchev–Trinajstić information content (AvgIpc) is 3.38. The molecule has 1 heterocycles. The van der Waals surface area contributed by atoms with Gasteiger partial charge in [0.1, 0.15) is 16.5 Å². The predicted molar refractivity (Wildman–Crippen MR) is 117 cm³/mol. The van der Waals surface area contributed by atoms with Crippen LogP contribution in [0.2, 0.25) is 0 Å². The number of methoxy groups -OCH3 is 1. The van der Waals surface area contributed by atoms with E-state index in [1.165, 1.54) is 36.6 Å². The van der Waals surface area contributed by atoms with E-state index in [1.54, 1.807) is 5.38 Å². The smallest absolute Gasteiger partial charge is 0.275 e. The number of aromatic nitrogens is 1. The SMILES string of the molecule is COc1ccc(S(=O)(=O)NC2CC2)cc1NC(=O)c1csc(-c2ccc(C)cc2)n1. The van der Waals surface area contributed by atoms with E-state index in [9.17, 15) is 13.2 Å². The average molecular weight is 444 g/mol. The molecule has 0 saturated heterocycles. The second kappa shape index (κ2) is 8.17. The number of rotatable bonds is 7. The standard InChI is InChI=1S/C21H21N3O4S2/c1-13-3-5-14(6-4-13)21-23-18(12-29-21)20(25)22-17-11-16(9-10-19(17)28-2)30(26,27)24-15-7-8-15/h3-6,9-12,15,24H,7-8H2,1-2H3,(H,22,25). The van der Waals surface area contributed by atoms with Gasteiger partial charge in [0.15, 0.2) is 0 Å². The van der Waals surface area contributed by atoms with Gasteiger partial charge in [-0.3, -0.25) is 4.79 Å². The van der Waals surface area contributed by atoms with Gasteiger partial charge >= 0.3 is 0 Å². The topological polar surface area (TPSA) is 97.4 Å². The van der Waals surface area contributed by atoms with Crippen molar-refractivity contribution in [1.29, 1.82) is 0 Å². The quantitative estimate of drug-likeness (QED) is 0.579. The number of sulfonamides is 1. The number of aryl methyl sites for hydroxylation is 1. The first-order valence-electron chi connectivity index (χ1n) is 9.40. The molecular weight excluding hydrogens is 422 g/mol. The molecule has 2 N–H and O–H groups in total. The van der Waals surface area contributed by atoms with Crippen LogP contribution in [0.4, 0.5) is 5.69 Å². The maximum atomic E-state index is 12.7. The van der Waals surface area contributed by atoms with Gasteiger partial charge in [-0.25, -0.2) is 18.1 Å². The Balaban J connectivity index is 1.56. The largest absolute Gasteiger partial charge is 0.495 e. The van der Waals surface area contributed by atoms with E-state index in [2.05, 4.69) is 15.0 Å². The Hall–Kier alpha value is -2.75. The fourth-order valence-electron chi connectivity index (χ4n) is 2.83. The van der Waals surface area contributed by atoms with Crippen molar-refractivity contribution < 1.29 is 17.9 Å². The number of nitrogens with zero attached hydrogens (tertiary/aromatic N) is 1. The minimum atomic E-state index is -3.65. The third-order valence-electron chi connectivity index (χ3n) is 4.66. The molecule has 30 heavy (non-hydrogen) atoms. The van der Waals surface area contributed by atoms with E-state index in [1.807, 2.05) is 31.2 Å². The van der Waals surface area contributed by atoms with Gasteiger partial charge in [-0.1, -0.05) is 29.8 Å². The van der Waals surface area contributed by atoms with Crippen molar-refractivity contribution in [3.63, 3.8) is 0 Å². The molecule has 0 atom stereocenters. The van der Waals surface area contributed by atoms with Crippen LogP contribution < -0.4 is 14.8 Å². The summed E-state index contributed by atoms with van der Waals surface area (Å²) in [6.45, 7) is 2.01. The van der Waals surface area contributed by atoms with Crippen molar-refractivity contribution in [3.8, 4) is 16.3 Å². The summed E-state index contributed by atoms with van der Waals surface area (Å²) in [4.78, 5) is 17.2. The molecule has 1 aliphatic rings. The summed E-state index contributed by atoms with van der Waals surface area (Å²) in [5.41, 5.74) is 2.60. The summed E-state index contributed by atoms with van der Waals surface area (Å²) in [6, 6.07) is 12.3. The molecule has 1 saturated carbocycles. The Labute approximate surface area is 179 Å². The van der Waals surface area contributed by atoms with Crippen LogP contribution in [0, 0.1) is 6.92 Å². The lowest BCUT2D eigenvalue weighted by Gasteiger charge is -2.12. The van der Waals surface area contributed by atoms with Crippen LogP contribution in [0.1, 0.15) is 28.9 Å². The third-order valence-corrected chi connectivity index (χ3v) is 7.07. The first kappa shape index (κ1) is 20.5. The van der Waals surface area contributed by atoms with Gasteiger partial charge < -0.3 is 10.1 Å². The molecule has 9 heteroatoms. The van der Waals surface area contributed by atoms with Crippen molar-refractivity contribution in [2.24, 2.45) is 0 Å². The van der Waals surface area contributed by atoms with E-state index in [4.69, 9.17) is 4.74 Å². The molecule has 2 aromatic carbocycles. The van der Waals surface area contributed by atoms with Crippen molar-refractivity contribution >= 4 is 33.0 Å². The molecule has 0 unspecified atom stereocenters. The Morgan fingerprint density at radius 3 is 2.57 bits per heavy atom. The summed E-state index contributed by atoms with van der Waals surface area (Å²) in [5.74, 6) is -0.0738. The number of ether oxygens (including phenoxy) is 1. The third kappa shape index (κ3) is 4.53. The molecule has 0 bridgehead atoms. The molecule has 3 aromatic rings. The number of carbonyl (C=O) groups excluding carboxylic acids is 1. The van der Waals surface area contributed by atoms with Gasteiger partial charge in [0.05, 0.1) is 17.7 Å². The van der Waals surface area contributed by atoms with Crippen molar-refractivity contribution in [2.45, 2.75) is 30.7 Å². The normalized spacial score (nSPS) is 13.8. The van der Waals surface area contributed by atoms with E-state index >= 15 is 0 Å². The van der Waals surface area contributed by atoms with E-state index in [0.29, 0.717) is 5.75 Å². The lowest BCUT2D eigenvalue weighted by atomic mass is 10.2. The number of anilines is 1.